The van der Waals surface area contributed by atoms with Crippen LogP contribution in [0.3, 0.4) is 0 Å². The third-order valence-corrected chi connectivity index (χ3v) is 5.69. The summed E-state index contributed by atoms with van der Waals surface area (Å²) >= 11 is 6.09. The number of methoxy groups -OCH3 is 1. The summed E-state index contributed by atoms with van der Waals surface area (Å²) in [6, 6.07) is 8.91. The van der Waals surface area contributed by atoms with Crippen LogP contribution in [0.2, 0.25) is 5.02 Å². The van der Waals surface area contributed by atoms with Gasteiger partial charge in [0.05, 0.1) is 25.8 Å². The topological polar surface area (TPSA) is 96.8 Å². The Morgan fingerprint density at radius 2 is 2.19 bits per heavy atom. The number of likely N-dealkylation sites (tertiary alicyclic amines) is 1. The van der Waals surface area contributed by atoms with Gasteiger partial charge in [0, 0.05) is 35.1 Å². The Balaban J connectivity index is 1.64. The molecule has 4 rings (SSSR count). The number of nitrogens with zero attached hydrogens (tertiary/aromatic N) is 3. The first-order chi connectivity index (χ1) is 15.5. The molecule has 166 valence electrons. The minimum Gasteiger partial charge on any atom is -0.493 e. The lowest BCUT2D eigenvalue weighted by Crippen LogP contribution is -2.29. The molecule has 1 aromatic heterocycles. The zero-order valence-corrected chi connectivity index (χ0v) is 18.3. The minimum atomic E-state index is -0.166. The summed E-state index contributed by atoms with van der Waals surface area (Å²) in [5, 5.41) is 14.0. The van der Waals surface area contributed by atoms with Gasteiger partial charge in [-0.05, 0) is 35.9 Å². The van der Waals surface area contributed by atoms with Crippen molar-refractivity contribution < 1.29 is 19.4 Å². The van der Waals surface area contributed by atoms with E-state index in [0.717, 1.165) is 11.1 Å². The molecule has 3 aromatic rings. The number of rotatable bonds is 7. The van der Waals surface area contributed by atoms with Crippen LogP contribution in [0.4, 0.5) is 11.5 Å². The molecule has 1 fully saturated rings. The molecule has 2 N–H and O–H groups in total. The van der Waals surface area contributed by atoms with Crippen molar-refractivity contribution in [2.24, 2.45) is 0 Å². The molecule has 0 saturated carbocycles. The van der Waals surface area contributed by atoms with Crippen LogP contribution in [0.15, 0.2) is 49.3 Å². The van der Waals surface area contributed by atoms with Gasteiger partial charge in [0.1, 0.15) is 18.2 Å². The summed E-state index contributed by atoms with van der Waals surface area (Å²) in [7, 11) is 1.57. The molecule has 1 saturated heterocycles. The second kappa shape index (κ2) is 9.42. The molecule has 0 radical (unpaired) electrons. The van der Waals surface area contributed by atoms with E-state index in [9.17, 15) is 9.90 Å². The number of carbonyl (C=O) groups excluding carboxylic acids is 1. The van der Waals surface area contributed by atoms with Gasteiger partial charge in [0.25, 0.3) is 0 Å². The molecule has 32 heavy (non-hydrogen) atoms. The van der Waals surface area contributed by atoms with Crippen molar-refractivity contribution in [3.05, 3.63) is 59.9 Å². The van der Waals surface area contributed by atoms with E-state index in [1.165, 1.54) is 12.4 Å². The number of amides is 1. The highest BCUT2D eigenvalue weighted by molar-refractivity contribution is 6.31. The van der Waals surface area contributed by atoms with E-state index in [0.29, 0.717) is 52.9 Å². The van der Waals surface area contributed by atoms with Gasteiger partial charge in [-0.25, -0.2) is 9.97 Å². The third-order valence-electron chi connectivity index (χ3n) is 5.32. The number of aliphatic hydroxyl groups is 1. The molecule has 0 aliphatic carbocycles. The summed E-state index contributed by atoms with van der Waals surface area (Å²) in [6.45, 7) is 4.47. The summed E-state index contributed by atoms with van der Waals surface area (Å²) < 4.78 is 11.7. The zero-order chi connectivity index (χ0) is 22.7. The second-order valence-electron chi connectivity index (χ2n) is 7.35. The molecule has 0 bridgehead atoms. The Morgan fingerprint density at radius 3 is 2.94 bits per heavy atom. The number of aromatic nitrogens is 2. The van der Waals surface area contributed by atoms with Crippen molar-refractivity contribution in [1.29, 1.82) is 0 Å². The molecule has 1 aliphatic rings. The Labute approximate surface area is 190 Å². The zero-order valence-electron chi connectivity index (χ0n) is 17.5. The molecule has 1 amide bonds. The molecule has 9 heteroatoms. The standard InChI is InChI=1S/C23H23ClN4O4/c1-3-22(30)28-7-6-16(11-28)32-21-9-17-19(10-20(21)31-2)25-13-26-23(17)27-15-4-5-18(24)14(8-15)12-29/h3-5,8-10,13,16,29H,1,6-7,11-12H2,2H3,(H,25,26,27). The minimum absolute atomic E-state index is 0.105. The third kappa shape index (κ3) is 4.46. The Bertz CT molecular complexity index is 1170. The van der Waals surface area contributed by atoms with Gasteiger partial charge < -0.3 is 24.8 Å². The average Bonchev–Trinajstić information content (AvgIpc) is 3.28. The van der Waals surface area contributed by atoms with Crippen molar-refractivity contribution in [1.82, 2.24) is 14.9 Å². The van der Waals surface area contributed by atoms with Crippen molar-refractivity contribution in [2.75, 3.05) is 25.5 Å². The first-order valence-corrected chi connectivity index (χ1v) is 10.5. The number of nitrogens with one attached hydrogen (secondary N) is 1. The summed E-state index contributed by atoms with van der Waals surface area (Å²) in [5.41, 5.74) is 2.02. The first kappa shape index (κ1) is 21.9. The number of fused-ring (bicyclic) bond motifs is 1. The molecule has 1 aliphatic heterocycles. The fraction of sp³-hybridized carbons (Fsp3) is 0.261. The smallest absolute Gasteiger partial charge is 0.246 e. The van der Waals surface area contributed by atoms with Crippen molar-refractivity contribution >= 4 is 39.9 Å². The van der Waals surface area contributed by atoms with Gasteiger partial charge >= 0.3 is 0 Å². The van der Waals surface area contributed by atoms with Crippen molar-refractivity contribution in [3.63, 3.8) is 0 Å². The molecule has 2 heterocycles. The predicted octanol–water partition coefficient (Wildman–Crippen LogP) is 3.69. The van der Waals surface area contributed by atoms with E-state index in [4.69, 9.17) is 21.1 Å². The SMILES string of the molecule is C=CC(=O)N1CCC(Oc2cc3c(Nc4ccc(Cl)c(CO)c4)ncnc3cc2OC)C1. The molecule has 1 atom stereocenters. The fourth-order valence-electron chi connectivity index (χ4n) is 3.66. The second-order valence-corrected chi connectivity index (χ2v) is 7.76. The van der Waals surface area contributed by atoms with E-state index in [1.807, 2.05) is 6.07 Å². The maximum Gasteiger partial charge on any atom is 0.246 e. The maximum atomic E-state index is 11.9. The van der Waals surface area contributed by atoms with Crippen LogP contribution in [0, 0.1) is 0 Å². The van der Waals surface area contributed by atoms with Gasteiger partial charge in [-0.3, -0.25) is 4.79 Å². The molecule has 2 aromatic carbocycles. The van der Waals surface area contributed by atoms with Crippen LogP contribution in [0.5, 0.6) is 11.5 Å². The largest absolute Gasteiger partial charge is 0.493 e. The van der Waals surface area contributed by atoms with Crippen LogP contribution in [0.25, 0.3) is 10.9 Å². The lowest BCUT2D eigenvalue weighted by Gasteiger charge is -2.18. The van der Waals surface area contributed by atoms with E-state index in [-0.39, 0.29) is 18.6 Å². The Kier molecular flexibility index (Phi) is 6.43. The number of benzene rings is 2. The highest BCUT2D eigenvalue weighted by Crippen LogP contribution is 2.36. The Morgan fingerprint density at radius 1 is 1.34 bits per heavy atom. The molecular formula is C23H23ClN4O4. The highest BCUT2D eigenvalue weighted by Gasteiger charge is 2.27. The number of hydrogen-bond donors (Lipinski definition) is 2. The summed E-state index contributed by atoms with van der Waals surface area (Å²) in [4.78, 5) is 22.3. The van der Waals surface area contributed by atoms with E-state index >= 15 is 0 Å². The number of carbonyl (C=O) groups is 1. The van der Waals surface area contributed by atoms with Crippen molar-refractivity contribution in [2.45, 2.75) is 19.1 Å². The van der Waals surface area contributed by atoms with Crippen LogP contribution >= 0.6 is 11.6 Å². The first-order valence-electron chi connectivity index (χ1n) is 10.1. The van der Waals surface area contributed by atoms with Gasteiger partial charge in [-0.1, -0.05) is 18.2 Å². The summed E-state index contributed by atoms with van der Waals surface area (Å²) in [5.74, 6) is 1.56. The monoisotopic (exact) mass is 454 g/mol. The Hall–Kier alpha value is -3.36. The normalized spacial score (nSPS) is 15.6. The van der Waals surface area contributed by atoms with Crippen LogP contribution in [-0.4, -0.2) is 52.2 Å². The molecule has 8 nitrogen and oxygen atoms in total. The highest BCUT2D eigenvalue weighted by atomic mass is 35.5. The van der Waals surface area contributed by atoms with Gasteiger partial charge in [0.2, 0.25) is 5.91 Å². The summed E-state index contributed by atoms with van der Waals surface area (Å²) in [6.07, 6.45) is 3.33. The number of aliphatic hydroxyl groups excluding tert-OH is 1. The van der Waals surface area contributed by atoms with E-state index < -0.39 is 0 Å². The maximum absolute atomic E-state index is 11.9. The number of hydrogen-bond acceptors (Lipinski definition) is 7. The molecular weight excluding hydrogens is 432 g/mol. The van der Waals surface area contributed by atoms with Crippen molar-refractivity contribution in [3.8, 4) is 11.5 Å². The van der Waals surface area contributed by atoms with Crippen LogP contribution in [-0.2, 0) is 11.4 Å². The average molecular weight is 455 g/mol. The van der Waals surface area contributed by atoms with Gasteiger partial charge in [-0.2, -0.15) is 0 Å². The molecule has 0 spiro atoms. The van der Waals surface area contributed by atoms with Gasteiger partial charge in [-0.15, -0.1) is 0 Å². The van der Waals surface area contributed by atoms with E-state index in [1.54, 1.807) is 36.3 Å². The molecule has 1 unspecified atom stereocenters. The quantitative estimate of drug-likeness (QED) is 0.525. The number of halogens is 1. The van der Waals surface area contributed by atoms with Crippen LogP contribution in [0.1, 0.15) is 12.0 Å². The van der Waals surface area contributed by atoms with Gasteiger partial charge in [0.15, 0.2) is 11.5 Å². The van der Waals surface area contributed by atoms with E-state index in [2.05, 4.69) is 21.9 Å². The number of anilines is 2. The predicted molar refractivity (Wildman–Crippen MR) is 123 cm³/mol. The fourth-order valence-corrected chi connectivity index (χ4v) is 3.84. The number of ether oxygens (including phenoxy) is 2. The lowest BCUT2D eigenvalue weighted by molar-refractivity contribution is -0.125. The lowest BCUT2D eigenvalue weighted by atomic mass is 10.1. The van der Waals surface area contributed by atoms with Crippen LogP contribution < -0.4 is 14.8 Å².